The van der Waals surface area contributed by atoms with Crippen molar-refractivity contribution >= 4 is 11.7 Å². The third-order valence-corrected chi connectivity index (χ3v) is 2.22. The number of anilines is 1. The van der Waals surface area contributed by atoms with Gasteiger partial charge in [-0.2, -0.15) is 13.2 Å². The van der Waals surface area contributed by atoms with Crippen LogP contribution < -0.4 is 5.32 Å². The van der Waals surface area contributed by atoms with Crippen LogP contribution in [-0.4, -0.2) is 12.1 Å². The predicted octanol–water partition coefficient (Wildman–Crippen LogP) is 3.97. The van der Waals surface area contributed by atoms with Crippen LogP contribution in [0, 0.1) is 0 Å². The number of esters is 1. The van der Waals surface area contributed by atoms with E-state index < -0.39 is 17.7 Å². The quantitative estimate of drug-likeness (QED) is 0.672. The van der Waals surface area contributed by atoms with Crippen LogP contribution >= 0.6 is 0 Å². The summed E-state index contributed by atoms with van der Waals surface area (Å²) in [7, 11) is 0. The minimum atomic E-state index is -4.40. The Balaban J connectivity index is 2.78. The third-order valence-electron chi connectivity index (χ3n) is 2.22. The minimum Gasteiger partial charge on any atom is -0.460 e. The van der Waals surface area contributed by atoms with Gasteiger partial charge in [0.1, 0.15) is 0 Å². The Morgan fingerprint density at radius 2 is 2.00 bits per heavy atom. The first kappa shape index (κ1) is 16.1. The van der Waals surface area contributed by atoms with Gasteiger partial charge >= 0.3 is 12.1 Å². The second kappa shape index (κ2) is 6.45. The first-order valence-corrected chi connectivity index (χ1v) is 6.01. The number of alkyl halides is 3. The van der Waals surface area contributed by atoms with Crippen LogP contribution in [0.25, 0.3) is 0 Å². The molecule has 0 aliphatic rings. The van der Waals surface area contributed by atoms with Crippen LogP contribution in [0.3, 0.4) is 0 Å². The first-order chi connectivity index (χ1) is 9.18. The lowest BCUT2D eigenvalue weighted by atomic mass is 10.2. The molecule has 0 spiro atoms. The molecule has 1 aromatic carbocycles. The van der Waals surface area contributed by atoms with Gasteiger partial charge in [-0.25, -0.2) is 4.79 Å². The highest BCUT2D eigenvalue weighted by Crippen LogP contribution is 2.30. The molecular weight excluding hydrogens is 271 g/mol. The van der Waals surface area contributed by atoms with E-state index in [1.54, 1.807) is 20.8 Å². The monoisotopic (exact) mass is 287 g/mol. The number of rotatable bonds is 4. The first-order valence-electron chi connectivity index (χ1n) is 6.01. The van der Waals surface area contributed by atoms with Crippen molar-refractivity contribution in [1.82, 2.24) is 0 Å². The molecule has 0 radical (unpaired) electrons. The third kappa shape index (κ3) is 5.34. The van der Waals surface area contributed by atoms with E-state index >= 15 is 0 Å². The van der Waals surface area contributed by atoms with Crippen LogP contribution in [0.2, 0.25) is 0 Å². The molecule has 0 bridgehead atoms. The van der Waals surface area contributed by atoms with E-state index in [9.17, 15) is 18.0 Å². The largest absolute Gasteiger partial charge is 0.460 e. The Morgan fingerprint density at radius 1 is 1.35 bits per heavy atom. The van der Waals surface area contributed by atoms with Crippen LogP contribution in [0.4, 0.5) is 18.9 Å². The number of carbonyl (C=O) groups is 1. The van der Waals surface area contributed by atoms with Crippen LogP contribution in [0.15, 0.2) is 36.0 Å². The SMILES string of the molecule is C/C(=C\C(=O)OC(C)C)Nc1cccc(C(F)(F)F)c1. The van der Waals surface area contributed by atoms with E-state index in [1.165, 1.54) is 18.2 Å². The zero-order chi connectivity index (χ0) is 15.3. The van der Waals surface area contributed by atoms with Gasteiger partial charge in [0.15, 0.2) is 0 Å². The maximum absolute atomic E-state index is 12.5. The molecule has 20 heavy (non-hydrogen) atoms. The van der Waals surface area contributed by atoms with Crippen molar-refractivity contribution in [2.75, 3.05) is 5.32 Å². The maximum Gasteiger partial charge on any atom is 0.416 e. The van der Waals surface area contributed by atoms with E-state index in [0.717, 1.165) is 12.1 Å². The van der Waals surface area contributed by atoms with Gasteiger partial charge < -0.3 is 10.1 Å². The van der Waals surface area contributed by atoms with Gasteiger partial charge in [0, 0.05) is 17.5 Å². The molecule has 0 unspecified atom stereocenters. The van der Waals surface area contributed by atoms with Crippen molar-refractivity contribution in [2.24, 2.45) is 0 Å². The lowest BCUT2D eigenvalue weighted by Crippen LogP contribution is -2.10. The molecule has 0 amide bonds. The highest BCUT2D eigenvalue weighted by atomic mass is 19.4. The number of hydrogen-bond donors (Lipinski definition) is 1. The van der Waals surface area contributed by atoms with Crippen LogP contribution in [-0.2, 0) is 15.7 Å². The van der Waals surface area contributed by atoms with Crippen molar-refractivity contribution in [3.8, 4) is 0 Å². The highest BCUT2D eigenvalue weighted by molar-refractivity contribution is 5.83. The average Bonchev–Trinajstić information content (AvgIpc) is 2.26. The Hall–Kier alpha value is -1.98. The Bertz CT molecular complexity index is 507. The molecule has 0 aliphatic carbocycles. The summed E-state index contributed by atoms with van der Waals surface area (Å²) in [5.74, 6) is -0.544. The molecule has 1 rings (SSSR count). The molecular formula is C14H16F3NO2. The smallest absolute Gasteiger partial charge is 0.416 e. The van der Waals surface area contributed by atoms with Crippen molar-refractivity contribution in [3.05, 3.63) is 41.6 Å². The second-order valence-electron chi connectivity index (χ2n) is 4.52. The van der Waals surface area contributed by atoms with Gasteiger partial charge in [0.2, 0.25) is 0 Å². The van der Waals surface area contributed by atoms with E-state index in [0.29, 0.717) is 5.70 Å². The van der Waals surface area contributed by atoms with Gasteiger partial charge in [0.25, 0.3) is 0 Å². The summed E-state index contributed by atoms with van der Waals surface area (Å²) in [4.78, 5) is 11.4. The fourth-order valence-corrected chi connectivity index (χ4v) is 1.48. The summed E-state index contributed by atoms with van der Waals surface area (Å²) < 4.78 is 42.5. The fraction of sp³-hybridized carbons (Fsp3) is 0.357. The molecule has 3 nitrogen and oxygen atoms in total. The van der Waals surface area contributed by atoms with E-state index in [-0.39, 0.29) is 11.8 Å². The van der Waals surface area contributed by atoms with Gasteiger partial charge in [-0.1, -0.05) is 6.07 Å². The summed E-state index contributed by atoms with van der Waals surface area (Å²) in [6, 6.07) is 4.74. The number of nitrogens with one attached hydrogen (secondary N) is 1. The molecule has 0 fully saturated rings. The molecule has 6 heteroatoms. The zero-order valence-electron chi connectivity index (χ0n) is 11.4. The topological polar surface area (TPSA) is 38.3 Å². The van der Waals surface area contributed by atoms with Crippen molar-refractivity contribution in [3.63, 3.8) is 0 Å². The lowest BCUT2D eigenvalue weighted by Gasteiger charge is -2.11. The second-order valence-corrected chi connectivity index (χ2v) is 4.52. The number of halogens is 3. The normalized spacial score (nSPS) is 12.4. The van der Waals surface area contributed by atoms with E-state index in [4.69, 9.17) is 4.74 Å². The van der Waals surface area contributed by atoms with Gasteiger partial charge in [0.05, 0.1) is 11.7 Å². The van der Waals surface area contributed by atoms with E-state index in [1.807, 2.05) is 0 Å². The molecule has 1 N–H and O–H groups in total. The molecule has 1 aromatic rings. The van der Waals surface area contributed by atoms with Crippen molar-refractivity contribution < 1.29 is 22.7 Å². The lowest BCUT2D eigenvalue weighted by molar-refractivity contribution is -0.141. The number of ether oxygens (including phenoxy) is 1. The average molecular weight is 287 g/mol. The van der Waals surface area contributed by atoms with Crippen LogP contribution in [0.1, 0.15) is 26.3 Å². The number of hydrogen-bond acceptors (Lipinski definition) is 3. The predicted molar refractivity (Wildman–Crippen MR) is 70.1 cm³/mol. The Kier molecular flexibility index (Phi) is 5.19. The molecule has 0 atom stereocenters. The molecule has 0 saturated heterocycles. The maximum atomic E-state index is 12.5. The molecule has 110 valence electrons. The summed E-state index contributed by atoms with van der Waals surface area (Å²) in [5, 5.41) is 2.72. The number of allylic oxidation sites excluding steroid dienone is 1. The molecule has 0 aromatic heterocycles. The summed E-state index contributed by atoms with van der Waals surface area (Å²) >= 11 is 0. The Morgan fingerprint density at radius 3 is 2.55 bits per heavy atom. The number of benzene rings is 1. The molecule has 0 aliphatic heterocycles. The van der Waals surface area contributed by atoms with Crippen molar-refractivity contribution in [2.45, 2.75) is 33.1 Å². The standard InChI is InChI=1S/C14H16F3NO2/c1-9(2)20-13(19)7-10(3)18-12-6-4-5-11(8-12)14(15,16)17/h4-9,18H,1-3H3/b10-7+. The molecule has 0 heterocycles. The summed E-state index contributed by atoms with van der Waals surface area (Å²) in [5.41, 5.74) is -0.0963. The summed E-state index contributed by atoms with van der Waals surface area (Å²) in [6.45, 7) is 4.99. The van der Waals surface area contributed by atoms with Gasteiger partial charge in [-0.3, -0.25) is 0 Å². The van der Waals surface area contributed by atoms with E-state index in [2.05, 4.69) is 5.32 Å². The van der Waals surface area contributed by atoms with Crippen LogP contribution in [0.5, 0.6) is 0 Å². The fourth-order valence-electron chi connectivity index (χ4n) is 1.48. The molecule has 0 saturated carbocycles. The van der Waals surface area contributed by atoms with Crippen molar-refractivity contribution in [1.29, 1.82) is 0 Å². The number of carbonyl (C=O) groups excluding carboxylic acids is 1. The van der Waals surface area contributed by atoms with Gasteiger partial charge in [-0.15, -0.1) is 0 Å². The highest BCUT2D eigenvalue weighted by Gasteiger charge is 2.30. The summed E-state index contributed by atoms with van der Waals surface area (Å²) in [6.07, 6.45) is -3.45. The minimum absolute atomic E-state index is 0.250. The Labute approximate surface area is 115 Å². The van der Waals surface area contributed by atoms with Gasteiger partial charge in [-0.05, 0) is 39.0 Å². The zero-order valence-corrected chi connectivity index (χ0v) is 11.4.